The van der Waals surface area contributed by atoms with Crippen LogP contribution in [0, 0.1) is 17.0 Å². The Balaban J connectivity index is 3.17. The Morgan fingerprint density at radius 3 is 2.47 bits per heavy atom. The van der Waals surface area contributed by atoms with Gasteiger partial charge in [-0.15, -0.1) is 0 Å². The molecule has 1 aromatic carbocycles. The Morgan fingerprint density at radius 2 is 2.00 bits per heavy atom. The number of aliphatic hydroxyl groups excluding tert-OH is 2. The first-order chi connectivity index (χ1) is 7.93. The number of rotatable bonds is 5. The maximum Gasteiger partial charge on any atom is 0.292 e. The number of benzene rings is 1. The number of para-hydroxylation sites is 1. The van der Waals surface area contributed by atoms with Crippen molar-refractivity contribution in [3.05, 3.63) is 33.9 Å². The number of aryl methyl sites for hydroxylation is 1. The summed E-state index contributed by atoms with van der Waals surface area (Å²) in [5.74, 6) is 0. The second-order valence-electron chi connectivity index (χ2n) is 4.23. The predicted octanol–water partition coefficient (Wildman–Crippen LogP) is 1.06. The maximum atomic E-state index is 10.9. The zero-order chi connectivity index (χ0) is 13.1. The highest BCUT2D eigenvalue weighted by Crippen LogP contribution is 2.30. The van der Waals surface area contributed by atoms with Crippen LogP contribution in [-0.4, -0.2) is 33.9 Å². The Morgan fingerprint density at radius 1 is 1.41 bits per heavy atom. The fourth-order valence-electron chi connectivity index (χ4n) is 1.40. The van der Waals surface area contributed by atoms with Gasteiger partial charge in [0.2, 0.25) is 0 Å². The molecule has 0 spiro atoms. The van der Waals surface area contributed by atoms with E-state index in [0.29, 0.717) is 11.3 Å². The molecule has 0 unspecified atom stereocenters. The molecule has 1 rings (SSSR count). The van der Waals surface area contributed by atoms with Crippen LogP contribution >= 0.6 is 0 Å². The number of nitro benzene ring substituents is 1. The highest BCUT2D eigenvalue weighted by atomic mass is 16.6. The van der Waals surface area contributed by atoms with Gasteiger partial charge < -0.3 is 15.5 Å². The molecule has 94 valence electrons. The van der Waals surface area contributed by atoms with Crippen LogP contribution in [0.5, 0.6) is 0 Å². The van der Waals surface area contributed by atoms with E-state index in [1.807, 2.05) is 0 Å². The molecule has 0 saturated heterocycles. The summed E-state index contributed by atoms with van der Waals surface area (Å²) < 4.78 is 0. The molecule has 3 N–H and O–H groups in total. The summed E-state index contributed by atoms with van der Waals surface area (Å²) in [5, 5.41) is 32.1. The summed E-state index contributed by atoms with van der Waals surface area (Å²) in [5.41, 5.74) is -0.0507. The molecule has 17 heavy (non-hydrogen) atoms. The van der Waals surface area contributed by atoms with Gasteiger partial charge in [0.25, 0.3) is 5.69 Å². The molecule has 0 aromatic heterocycles. The van der Waals surface area contributed by atoms with Crippen LogP contribution in [0.1, 0.15) is 12.5 Å². The predicted molar refractivity (Wildman–Crippen MR) is 64.0 cm³/mol. The summed E-state index contributed by atoms with van der Waals surface area (Å²) in [4.78, 5) is 10.4. The Bertz CT molecular complexity index is 416. The summed E-state index contributed by atoms with van der Waals surface area (Å²) in [6, 6.07) is 4.70. The monoisotopic (exact) mass is 240 g/mol. The van der Waals surface area contributed by atoms with Crippen molar-refractivity contribution in [1.29, 1.82) is 0 Å². The quantitative estimate of drug-likeness (QED) is 0.528. The molecule has 0 aliphatic rings. The minimum Gasteiger partial charge on any atom is -0.394 e. The van der Waals surface area contributed by atoms with Gasteiger partial charge in [0, 0.05) is 6.07 Å². The van der Waals surface area contributed by atoms with Gasteiger partial charge in [0.1, 0.15) is 5.69 Å². The van der Waals surface area contributed by atoms with Crippen molar-refractivity contribution in [3.8, 4) is 0 Å². The van der Waals surface area contributed by atoms with Crippen LogP contribution in [0.4, 0.5) is 11.4 Å². The molecule has 6 nitrogen and oxygen atoms in total. The van der Waals surface area contributed by atoms with Gasteiger partial charge >= 0.3 is 0 Å². The summed E-state index contributed by atoms with van der Waals surface area (Å²) in [6.07, 6.45) is 0. The number of nitrogens with zero attached hydrogens (tertiary/aromatic N) is 1. The highest BCUT2D eigenvalue weighted by molar-refractivity contribution is 5.67. The van der Waals surface area contributed by atoms with Gasteiger partial charge in [0.05, 0.1) is 23.7 Å². The summed E-state index contributed by atoms with van der Waals surface area (Å²) in [6.45, 7) is 2.66. The molecule has 0 amide bonds. The molecular formula is C11H16N2O4. The highest BCUT2D eigenvalue weighted by Gasteiger charge is 2.26. The van der Waals surface area contributed by atoms with Gasteiger partial charge in [-0.05, 0) is 19.4 Å². The van der Waals surface area contributed by atoms with E-state index in [-0.39, 0.29) is 18.9 Å². The average Bonchev–Trinajstić information content (AvgIpc) is 2.31. The molecule has 1 aromatic rings. The standard InChI is InChI=1S/C11H16N2O4/c1-8-4-3-5-9(13(16)17)10(8)12-11(2,6-14)7-15/h3-5,12,14-15H,6-7H2,1-2H3. The molecule has 0 bridgehead atoms. The molecule has 0 atom stereocenters. The van der Waals surface area contributed by atoms with Gasteiger partial charge in [-0.1, -0.05) is 12.1 Å². The lowest BCUT2D eigenvalue weighted by Crippen LogP contribution is -2.42. The van der Waals surface area contributed by atoms with E-state index in [9.17, 15) is 20.3 Å². The van der Waals surface area contributed by atoms with Crippen molar-refractivity contribution in [2.75, 3.05) is 18.5 Å². The zero-order valence-electron chi connectivity index (χ0n) is 9.80. The van der Waals surface area contributed by atoms with E-state index < -0.39 is 10.5 Å². The van der Waals surface area contributed by atoms with Crippen LogP contribution in [0.25, 0.3) is 0 Å². The largest absolute Gasteiger partial charge is 0.394 e. The van der Waals surface area contributed by atoms with E-state index in [1.165, 1.54) is 6.07 Å². The molecule has 6 heteroatoms. The van der Waals surface area contributed by atoms with Crippen molar-refractivity contribution in [3.63, 3.8) is 0 Å². The molecule has 0 aliphatic carbocycles. The second kappa shape index (κ2) is 5.11. The van der Waals surface area contributed by atoms with Crippen LogP contribution < -0.4 is 5.32 Å². The molecular weight excluding hydrogens is 224 g/mol. The summed E-state index contributed by atoms with van der Waals surface area (Å²) in [7, 11) is 0. The van der Waals surface area contributed by atoms with E-state index >= 15 is 0 Å². The first-order valence-electron chi connectivity index (χ1n) is 5.17. The lowest BCUT2D eigenvalue weighted by atomic mass is 10.0. The smallest absolute Gasteiger partial charge is 0.292 e. The van der Waals surface area contributed by atoms with Crippen molar-refractivity contribution >= 4 is 11.4 Å². The minimum atomic E-state index is -0.989. The normalized spacial score (nSPS) is 11.3. The van der Waals surface area contributed by atoms with Gasteiger partial charge in [-0.3, -0.25) is 10.1 Å². The van der Waals surface area contributed by atoms with Crippen LogP contribution in [-0.2, 0) is 0 Å². The second-order valence-corrected chi connectivity index (χ2v) is 4.23. The number of aliphatic hydroxyl groups is 2. The van der Waals surface area contributed by atoms with Crippen molar-refractivity contribution in [2.45, 2.75) is 19.4 Å². The van der Waals surface area contributed by atoms with Crippen LogP contribution in [0.2, 0.25) is 0 Å². The first kappa shape index (κ1) is 13.4. The SMILES string of the molecule is Cc1cccc([N+](=O)[O-])c1NC(C)(CO)CO. The molecule has 0 heterocycles. The lowest BCUT2D eigenvalue weighted by molar-refractivity contribution is -0.384. The fraction of sp³-hybridized carbons (Fsp3) is 0.455. The number of hydrogen-bond acceptors (Lipinski definition) is 5. The lowest BCUT2D eigenvalue weighted by Gasteiger charge is -2.28. The minimum absolute atomic E-state index is 0.0712. The van der Waals surface area contributed by atoms with E-state index in [4.69, 9.17) is 0 Å². The van der Waals surface area contributed by atoms with Crippen molar-refractivity contribution in [1.82, 2.24) is 0 Å². The Labute approximate surface area is 99.0 Å². The Hall–Kier alpha value is -1.66. The third-order valence-corrected chi connectivity index (χ3v) is 2.57. The van der Waals surface area contributed by atoms with Crippen LogP contribution in [0.3, 0.4) is 0 Å². The number of nitro groups is 1. The van der Waals surface area contributed by atoms with Gasteiger partial charge in [0.15, 0.2) is 0 Å². The maximum absolute atomic E-state index is 10.9. The van der Waals surface area contributed by atoms with Crippen molar-refractivity contribution in [2.24, 2.45) is 0 Å². The number of nitrogens with one attached hydrogen (secondary N) is 1. The zero-order valence-corrected chi connectivity index (χ0v) is 9.80. The van der Waals surface area contributed by atoms with E-state index in [1.54, 1.807) is 26.0 Å². The summed E-state index contributed by atoms with van der Waals surface area (Å²) >= 11 is 0. The number of anilines is 1. The van der Waals surface area contributed by atoms with Crippen molar-refractivity contribution < 1.29 is 15.1 Å². The average molecular weight is 240 g/mol. The molecule has 0 radical (unpaired) electrons. The Kier molecular flexibility index (Phi) is 4.03. The third kappa shape index (κ3) is 2.92. The topological polar surface area (TPSA) is 95.6 Å². The van der Waals surface area contributed by atoms with Gasteiger partial charge in [-0.2, -0.15) is 0 Å². The van der Waals surface area contributed by atoms with Gasteiger partial charge in [-0.25, -0.2) is 0 Å². The molecule has 0 saturated carbocycles. The fourth-order valence-corrected chi connectivity index (χ4v) is 1.40. The van der Waals surface area contributed by atoms with Crippen LogP contribution in [0.15, 0.2) is 18.2 Å². The van der Waals surface area contributed by atoms with E-state index in [0.717, 1.165) is 0 Å². The van der Waals surface area contributed by atoms with E-state index in [2.05, 4.69) is 5.32 Å². The third-order valence-electron chi connectivity index (χ3n) is 2.57. The number of hydrogen-bond donors (Lipinski definition) is 3. The first-order valence-corrected chi connectivity index (χ1v) is 5.17. The molecule has 0 fully saturated rings. The molecule has 0 aliphatic heterocycles.